The molecule has 0 saturated heterocycles. The number of nitrogens with one attached hydrogen (secondary N) is 2. The lowest BCUT2D eigenvalue weighted by Crippen LogP contribution is -2.42. The maximum atomic E-state index is 12.9. The molecule has 49 heavy (non-hydrogen) atoms. The molecule has 10 heteroatoms. The summed E-state index contributed by atoms with van der Waals surface area (Å²) in [7, 11) is 0. The summed E-state index contributed by atoms with van der Waals surface area (Å²) in [6.07, 6.45) is 12.8. The molecule has 0 heterocycles. The van der Waals surface area contributed by atoms with E-state index >= 15 is 0 Å². The highest BCUT2D eigenvalue weighted by Crippen LogP contribution is 2.20. The number of hydrogen-bond donors (Lipinski definition) is 4. The van der Waals surface area contributed by atoms with Crippen LogP contribution in [0.1, 0.15) is 78.1 Å². The highest BCUT2D eigenvalue weighted by molar-refractivity contribution is 5.98. The number of nitrogens with two attached hydrogens (primary N) is 1. The minimum absolute atomic E-state index is 0.0137. The lowest BCUT2D eigenvalue weighted by atomic mass is 9.95. The summed E-state index contributed by atoms with van der Waals surface area (Å²) in [6.45, 7) is 3.38. The standard InChI is InChI=1S/C39H45N3O7/c1-2-3-4-5-6-23-48-33-21-15-31(16-22-33)39(47)49-34-19-11-27(12-20-34)24-35(38(45)46)42-37(44)30-13-17-32(18-14-30)41-36(43)25-28-7-9-29(26-40)10-8-28/h7-9,11-22,29,35H,2-6,10,23-26,40H2,1H3,(H,41,43)(H,42,44)(H,45,46)/t29?,35-/m0/s1. The zero-order valence-electron chi connectivity index (χ0n) is 27.9. The Morgan fingerprint density at radius 3 is 2.18 bits per heavy atom. The SMILES string of the molecule is CCCCCCCOc1ccc(C(=O)Oc2ccc(C[C@H](NC(=O)c3ccc(NC(=O)CC4=CCC(CN)C=C4)cc3)C(=O)O)cc2)cc1. The number of rotatable bonds is 18. The third-order valence-electron chi connectivity index (χ3n) is 8.15. The van der Waals surface area contributed by atoms with Crippen molar-refractivity contribution in [1.29, 1.82) is 0 Å². The van der Waals surface area contributed by atoms with E-state index in [2.05, 4.69) is 17.6 Å². The average Bonchev–Trinajstić information content (AvgIpc) is 3.11. The van der Waals surface area contributed by atoms with E-state index in [0.29, 0.717) is 47.4 Å². The van der Waals surface area contributed by atoms with Crippen LogP contribution in [-0.4, -0.2) is 48.1 Å². The van der Waals surface area contributed by atoms with Crippen molar-refractivity contribution in [3.05, 3.63) is 113 Å². The second-order valence-corrected chi connectivity index (χ2v) is 12.1. The number of ether oxygens (including phenoxy) is 2. The fourth-order valence-corrected chi connectivity index (χ4v) is 5.23. The summed E-state index contributed by atoms with van der Waals surface area (Å²) < 4.78 is 11.2. The summed E-state index contributed by atoms with van der Waals surface area (Å²) in [5.41, 5.74) is 8.37. The zero-order valence-corrected chi connectivity index (χ0v) is 27.9. The minimum atomic E-state index is -1.20. The van der Waals surface area contributed by atoms with Gasteiger partial charge in [-0.1, -0.05) is 63.0 Å². The van der Waals surface area contributed by atoms with Gasteiger partial charge in [-0.3, -0.25) is 9.59 Å². The number of benzene rings is 3. The number of carboxylic acid groups (broad SMARTS) is 1. The van der Waals surface area contributed by atoms with Gasteiger partial charge in [-0.05, 0) is 97.1 Å². The molecule has 10 nitrogen and oxygen atoms in total. The molecular formula is C39H45N3O7. The van der Waals surface area contributed by atoms with E-state index in [1.807, 2.05) is 18.2 Å². The van der Waals surface area contributed by atoms with E-state index in [1.165, 1.54) is 31.4 Å². The van der Waals surface area contributed by atoms with Crippen LogP contribution in [0.25, 0.3) is 0 Å². The second-order valence-electron chi connectivity index (χ2n) is 12.1. The number of anilines is 1. The number of carboxylic acids is 1. The maximum Gasteiger partial charge on any atom is 0.343 e. The van der Waals surface area contributed by atoms with E-state index in [-0.39, 0.29) is 24.3 Å². The summed E-state index contributed by atoms with van der Waals surface area (Å²) in [6, 6.07) is 18.3. The first-order valence-electron chi connectivity index (χ1n) is 16.8. The minimum Gasteiger partial charge on any atom is -0.494 e. The lowest BCUT2D eigenvalue weighted by Gasteiger charge is -2.15. The van der Waals surface area contributed by atoms with Crippen molar-refractivity contribution in [3.63, 3.8) is 0 Å². The molecule has 5 N–H and O–H groups in total. The van der Waals surface area contributed by atoms with Crippen molar-refractivity contribution in [2.45, 2.75) is 64.3 Å². The van der Waals surface area contributed by atoms with Gasteiger partial charge >= 0.3 is 11.9 Å². The maximum absolute atomic E-state index is 12.9. The fourth-order valence-electron chi connectivity index (χ4n) is 5.23. The molecule has 1 unspecified atom stereocenters. The molecule has 0 radical (unpaired) electrons. The van der Waals surface area contributed by atoms with Gasteiger partial charge in [0, 0.05) is 17.7 Å². The van der Waals surface area contributed by atoms with Gasteiger partial charge < -0.3 is 30.9 Å². The summed E-state index contributed by atoms with van der Waals surface area (Å²) in [5.74, 6) is -1.18. The molecule has 0 bridgehead atoms. The molecule has 0 fully saturated rings. The van der Waals surface area contributed by atoms with Crippen LogP contribution in [0, 0.1) is 5.92 Å². The normalized spacial score (nSPS) is 14.3. The van der Waals surface area contributed by atoms with E-state index in [1.54, 1.807) is 60.7 Å². The van der Waals surface area contributed by atoms with Crippen molar-refractivity contribution < 1.29 is 33.8 Å². The van der Waals surface area contributed by atoms with Crippen molar-refractivity contribution in [2.75, 3.05) is 18.5 Å². The Hall–Kier alpha value is -5.22. The molecule has 1 aliphatic carbocycles. The Kier molecular flexibility index (Phi) is 14.2. The van der Waals surface area contributed by atoms with Crippen LogP contribution in [-0.2, 0) is 16.0 Å². The van der Waals surface area contributed by atoms with Crippen molar-refractivity contribution >= 4 is 29.4 Å². The van der Waals surface area contributed by atoms with Crippen LogP contribution in [0.15, 0.2) is 96.6 Å². The Bertz CT molecular complexity index is 1610. The molecule has 3 aromatic carbocycles. The first kappa shape index (κ1) is 36.6. The van der Waals surface area contributed by atoms with Crippen molar-refractivity contribution in [3.8, 4) is 11.5 Å². The largest absolute Gasteiger partial charge is 0.494 e. The smallest absolute Gasteiger partial charge is 0.343 e. The highest BCUT2D eigenvalue weighted by atomic mass is 16.5. The van der Waals surface area contributed by atoms with E-state index in [4.69, 9.17) is 15.2 Å². The lowest BCUT2D eigenvalue weighted by molar-refractivity contribution is -0.139. The first-order chi connectivity index (χ1) is 23.7. The number of carbonyl (C=O) groups excluding carboxylic acids is 3. The van der Waals surface area contributed by atoms with Crippen LogP contribution in [0.3, 0.4) is 0 Å². The number of esters is 1. The molecule has 0 aliphatic heterocycles. The van der Waals surface area contributed by atoms with Crippen molar-refractivity contribution in [2.24, 2.45) is 11.7 Å². The first-order valence-corrected chi connectivity index (χ1v) is 16.8. The predicted molar refractivity (Wildman–Crippen MR) is 189 cm³/mol. The Morgan fingerprint density at radius 1 is 0.878 bits per heavy atom. The topological polar surface area (TPSA) is 157 Å². The molecule has 2 amide bonds. The molecule has 4 rings (SSSR count). The Balaban J connectivity index is 1.23. The molecule has 2 atom stereocenters. The quantitative estimate of drug-likeness (QED) is 0.0683. The van der Waals surface area contributed by atoms with Crippen LogP contribution in [0.5, 0.6) is 11.5 Å². The van der Waals surface area contributed by atoms with Gasteiger partial charge in [-0.15, -0.1) is 0 Å². The number of hydrogen-bond acceptors (Lipinski definition) is 7. The molecule has 1 aliphatic rings. The number of unbranched alkanes of at least 4 members (excludes halogenated alkanes) is 4. The van der Waals surface area contributed by atoms with Gasteiger partial charge in [0.25, 0.3) is 5.91 Å². The molecule has 0 spiro atoms. The predicted octanol–water partition coefficient (Wildman–Crippen LogP) is 6.47. The Labute approximate surface area is 287 Å². The molecule has 258 valence electrons. The van der Waals surface area contributed by atoms with Gasteiger partial charge in [0.1, 0.15) is 17.5 Å². The number of carbonyl (C=O) groups is 4. The zero-order chi connectivity index (χ0) is 35.0. The van der Waals surface area contributed by atoms with Gasteiger partial charge in [-0.25, -0.2) is 9.59 Å². The van der Waals surface area contributed by atoms with E-state index < -0.39 is 23.9 Å². The van der Waals surface area contributed by atoms with Crippen molar-refractivity contribution in [1.82, 2.24) is 5.32 Å². The van der Waals surface area contributed by atoms with Gasteiger partial charge in [0.05, 0.1) is 18.6 Å². The van der Waals surface area contributed by atoms with E-state index in [9.17, 15) is 24.3 Å². The van der Waals surface area contributed by atoms with Crippen LogP contribution >= 0.6 is 0 Å². The molecule has 0 saturated carbocycles. The van der Waals surface area contributed by atoms with Crippen LogP contribution < -0.4 is 25.8 Å². The van der Waals surface area contributed by atoms with Gasteiger partial charge in [-0.2, -0.15) is 0 Å². The number of amides is 2. The highest BCUT2D eigenvalue weighted by Gasteiger charge is 2.22. The Morgan fingerprint density at radius 2 is 1.55 bits per heavy atom. The van der Waals surface area contributed by atoms with Crippen LogP contribution in [0.4, 0.5) is 5.69 Å². The third kappa shape index (κ3) is 12.1. The second kappa shape index (κ2) is 18.9. The summed E-state index contributed by atoms with van der Waals surface area (Å²) in [5, 5.41) is 15.2. The number of allylic oxidation sites excluding steroid dienone is 2. The van der Waals surface area contributed by atoms with Gasteiger partial charge in [0.2, 0.25) is 5.91 Å². The molecule has 3 aromatic rings. The van der Waals surface area contributed by atoms with Crippen LogP contribution in [0.2, 0.25) is 0 Å². The number of aliphatic carboxylic acids is 1. The fraction of sp³-hybridized carbons (Fsp3) is 0.333. The van der Waals surface area contributed by atoms with Gasteiger partial charge in [0.15, 0.2) is 0 Å². The third-order valence-corrected chi connectivity index (χ3v) is 8.15. The van der Waals surface area contributed by atoms with E-state index in [0.717, 1.165) is 24.8 Å². The monoisotopic (exact) mass is 667 g/mol. The molecular weight excluding hydrogens is 622 g/mol. The molecule has 0 aromatic heterocycles. The summed E-state index contributed by atoms with van der Waals surface area (Å²) in [4.78, 5) is 50.0. The average molecular weight is 668 g/mol. The summed E-state index contributed by atoms with van der Waals surface area (Å²) >= 11 is 0.